The minimum absolute atomic E-state index is 0.117. The van der Waals surface area contributed by atoms with Crippen molar-refractivity contribution >= 4 is 12.0 Å². The second-order valence-corrected chi connectivity index (χ2v) is 6.60. The summed E-state index contributed by atoms with van der Waals surface area (Å²) < 4.78 is 12.4. The molecule has 26 heavy (non-hydrogen) atoms. The lowest BCUT2D eigenvalue weighted by Crippen LogP contribution is -2.52. The van der Waals surface area contributed by atoms with Gasteiger partial charge >= 0.3 is 6.09 Å². The number of para-hydroxylation sites is 2. The van der Waals surface area contributed by atoms with Crippen molar-refractivity contribution in [3.05, 3.63) is 42.2 Å². The van der Waals surface area contributed by atoms with Gasteiger partial charge in [-0.3, -0.25) is 4.79 Å². The number of aromatic nitrogens is 2. The van der Waals surface area contributed by atoms with Crippen LogP contribution in [0.3, 0.4) is 0 Å². The zero-order valence-electron chi connectivity index (χ0n) is 14.5. The van der Waals surface area contributed by atoms with E-state index in [1.807, 2.05) is 24.3 Å². The molecule has 2 aromatic rings. The average molecular weight is 356 g/mol. The Morgan fingerprint density at radius 3 is 3.00 bits per heavy atom. The number of nitrogens with zero attached hydrogens (tertiary/aromatic N) is 3. The summed E-state index contributed by atoms with van der Waals surface area (Å²) in [6, 6.07) is 7.48. The zero-order valence-corrected chi connectivity index (χ0v) is 14.5. The van der Waals surface area contributed by atoms with Gasteiger partial charge in [0, 0.05) is 12.7 Å². The molecule has 2 aliphatic heterocycles. The van der Waals surface area contributed by atoms with E-state index in [1.165, 1.54) is 0 Å². The molecule has 0 radical (unpaired) electrons. The third-order valence-corrected chi connectivity index (χ3v) is 4.85. The molecule has 0 aliphatic carbocycles. The molecule has 2 saturated heterocycles. The van der Waals surface area contributed by atoms with E-state index in [0.717, 1.165) is 18.5 Å². The Hall–Kier alpha value is -3.03. The maximum Gasteiger partial charge on any atom is 0.407 e. The average Bonchev–Trinajstić information content (AvgIpc) is 3.28. The zero-order chi connectivity index (χ0) is 18.1. The summed E-state index contributed by atoms with van der Waals surface area (Å²) in [5.74, 6) is 0.559. The van der Waals surface area contributed by atoms with Crippen molar-refractivity contribution in [2.24, 2.45) is 0 Å². The lowest BCUT2D eigenvalue weighted by molar-refractivity contribution is -0.00504. The van der Waals surface area contributed by atoms with Gasteiger partial charge in [-0.15, -0.1) is 0 Å². The van der Waals surface area contributed by atoms with Gasteiger partial charge in [0.1, 0.15) is 17.0 Å². The van der Waals surface area contributed by atoms with Crippen molar-refractivity contribution in [2.45, 2.75) is 18.4 Å². The van der Waals surface area contributed by atoms with Crippen molar-refractivity contribution in [1.29, 1.82) is 0 Å². The van der Waals surface area contributed by atoms with Crippen molar-refractivity contribution < 1.29 is 19.1 Å². The normalized spacial score (nSPS) is 22.2. The Labute approximate surface area is 150 Å². The summed E-state index contributed by atoms with van der Waals surface area (Å²) in [6.07, 6.45) is 4.38. The van der Waals surface area contributed by atoms with Gasteiger partial charge in [-0.05, 0) is 25.0 Å². The Bertz CT molecular complexity index is 849. The number of rotatable bonds is 3. The SMILES string of the molecule is COc1ccccc1-n1cc(C(=O)N2CCC[C@]3(CNC(=O)O3)C2)cn1. The molecule has 4 rings (SSSR count). The fraction of sp³-hybridized carbons (Fsp3) is 0.389. The fourth-order valence-electron chi connectivity index (χ4n) is 3.57. The van der Waals surface area contributed by atoms with Gasteiger partial charge in [-0.1, -0.05) is 12.1 Å². The van der Waals surface area contributed by atoms with Gasteiger partial charge in [0.2, 0.25) is 0 Å². The number of hydrogen-bond acceptors (Lipinski definition) is 5. The van der Waals surface area contributed by atoms with Gasteiger partial charge in [0.15, 0.2) is 0 Å². The molecule has 0 unspecified atom stereocenters. The molecule has 8 nitrogen and oxygen atoms in total. The third kappa shape index (κ3) is 2.87. The van der Waals surface area contributed by atoms with Crippen LogP contribution in [0.1, 0.15) is 23.2 Å². The first kappa shape index (κ1) is 16.4. The summed E-state index contributed by atoms with van der Waals surface area (Å²) >= 11 is 0. The van der Waals surface area contributed by atoms with Crippen LogP contribution in [0.5, 0.6) is 5.75 Å². The maximum absolute atomic E-state index is 12.9. The Kier molecular flexibility index (Phi) is 4.02. The molecule has 1 spiro atoms. The molecule has 3 heterocycles. The predicted molar refractivity (Wildman–Crippen MR) is 92.5 cm³/mol. The summed E-state index contributed by atoms with van der Waals surface area (Å²) in [7, 11) is 1.60. The highest BCUT2D eigenvalue weighted by Gasteiger charge is 2.45. The number of amides is 2. The van der Waals surface area contributed by atoms with Crippen molar-refractivity contribution in [1.82, 2.24) is 20.0 Å². The Morgan fingerprint density at radius 1 is 1.38 bits per heavy atom. The molecule has 8 heteroatoms. The summed E-state index contributed by atoms with van der Waals surface area (Å²) in [4.78, 5) is 26.1. The number of carbonyl (C=O) groups is 2. The summed E-state index contributed by atoms with van der Waals surface area (Å²) in [5.41, 5.74) is 0.646. The van der Waals surface area contributed by atoms with Crippen LogP contribution in [0, 0.1) is 0 Å². The molecule has 136 valence electrons. The molecule has 1 aromatic heterocycles. The van der Waals surface area contributed by atoms with Crippen molar-refractivity contribution in [3.63, 3.8) is 0 Å². The standard InChI is InChI=1S/C18H20N4O4/c1-25-15-6-3-2-5-14(15)22-10-13(9-20-22)16(23)21-8-4-7-18(12-21)11-19-17(24)26-18/h2-3,5-6,9-10H,4,7-8,11-12H2,1H3,(H,19,24)/t18-/m0/s1. The van der Waals surface area contributed by atoms with Crippen LogP contribution in [0.2, 0.25) is 0 Å². The predicted octanol–water partition coefficient (Wildman–Crippen LogP) is 1.60. The van der Waals surface area contributed by atoms with E-state index in [0.29, 0.717) is 30.9 Å². The van der Waals surface area contributed by atoms with Crippen LogP contribution < -0.4 is 10.1 Å². The number of piperidine rings is 1. The summed E-state index contributed by atoms with van der Waals surface area (Å²) in [6.45, 7) is 1.47. The molecule has 1 N–H and O–H groups in total. The number of methoxy groups -OCH3 is 1. The topological polar surface area (TPSA) is 85.7 Å². The van der Waals surface area contributed by atoms with E-state index in [1.54, 1.807) is 29.1 Å². The monoisotopic (exact) mass is 356 g/mol. The maximum atomic E-state index is 12.9. The van der Waals surface area contributed by atoms with E-state index >= 15 is 0 Å². The number of likely N-dealkylation sites (tertiary alicyclic amines) is 1. The fourth-order valence-corrected chi connectivity index (χ4v) is 3.57. The quantitative estimate of drug-likeness (QED) is 0.903. The first-order valence-corrected chi connectivity index (χ1v) is 8.54. The molecule has 1 aromatic carbocycles. The van der Waals surface area contributed by atoms with Crippen LogP contribution in [-0.2, 0) is 4.74 Å². The van der Waals surface area contributed by atoms with E-state index in [2.05, 4.69) is 10.4 Å². The molecular weight excluding hydrogens is 336 g/mol. The lowest BCUT2D eigenvalue weighted by Gasteiger charge is -2.37. The molecule has 0 bridgehead atoms. The minimum atomic E-state index is -0.608. The second kappa shape index (κ2) is 6.36. The van der Waals surface area contributed by atoms with E-state index < -0.39 is 11.7 Å². The highest BCUT2D eigenvalue weighted by molar-refractivity contribution is 5.94. The first-order valence-electron chi connectivity index (χ1n) is 8.54. The van der Waals surface area contributed by atoms with Crippen molar-refractivity contribution in [2.75, 3.05) is 26.7 Å². The van der Waals surface area contributed by atoms with Gasteiger partial charge in [-0.25, -0.2) is 9.48 Å². The van der Waals surface area contributed by atoms with Crippen LogP contribution in [-0.4, -0.2) is 59.0 Å². The Morgan fingerprint density at radius 2 is 2.23 bits per heavy atom. The van der Waals surface area contributed by atoms with Crippen LogP contribution in [0.25, 0.3) is 5.69 Å². The number of nitrogens with one attached hydrogen (secondary N) is 1. The van der Waals surface area contributed by atoms with Crippen LogP contribution in [0.15, 0.2) is 36.7 Å². The number of ether oxygens (including phenoxy) is 2. The molecule has 0 saturated carbocycles. The van der Waals surface area contributed by atoms with E-state index in [4.69, 9.17) is 9.47 Å². The number of alkyl carbamates (subject to hydrolysis) is 1. The highest BCUT2D eigenvalue weighted by Crippen LogP contribution is 2.29. The molecule has 2 fully saturated rings. The van der Waals surface area contributed by atoms with Gasteiger partial charge < -0.3 is 19.7 Å². The minimum Gasteiger partial charge on any atom is -0.494 e. The Balaban J connectivity index is 1.54. The molecule has 2 aliphatic rings. The summed E-state index contributed by atoms with van der Waals surface area (Å²) in [5, 5.41) is 6.99. The number of hydrogen-bond donors (Lipinski definition) is 1. The van der Waals surface area contributed by atoms with E-state index in [-0.39, 0.29) is 5.91 Å². The van der Waals surface area contributed by atoms with Crippen LogP contribution in [0.4, 0.5) is 4.79 Å². The first-order chi connectivity index (χ1) is 12.6. The largest absolute Gasteiger partial charge is 0.494 e. The second-order valence-electron chi connectivity index (χ2n) is 6.60. The van der Waals surface area contributed by atoms with Gasteiger partial charge in [-0.2, -0.15) is 5.10 Å². The molecule has 2 amide bonds. The highest BCUT2D eigenvalue weighted by atomic mass is 16.6. The smallest absolute Gasteiger partial charge is 0.407 e. The lowest BCUT2D eigenvalue weighted by atomic mass is 9.93. The van der Waals surface area contributed by atoms with Gasteiger partial charge in [0.25, 0.3) is 5.91 Å². The molecule has 1 atom stereocenters. The van der Waals surface area contributed by atoms with E-state index in [9.17, 15) is 9.59 Å². The van der Waals surface area contributed by atoms with Gasteiger partial charge in [0.05, 0.1) is 32.0 Å². The number of benzene rings is 1. The molecular formula is C18H20N4O4. The number of carbonyl (C=O) groups excluding carboxylic acids is 2. The van der Waals surface area contributed by atoms with Crippen LogP contribution >= 0.6 is 0 Å². The van der Waals surface area contributed by atoms with Crippen molar-refractivity contribution in [3.8, 4) is 11.4 Å². The third-order valence-electron chi connectivity index (χ3n) is 4.85.